The third-order valence-electron chi connectivity index (χ3n) is 7.74. The van der Waals surface area contributed by atoms with Gasteiger partial charge in [0.1, 0.15) is 23.0 Å². The van der Waals surface area contributed by atoms with Crippen LogP contribution < -0.4 is 9.47 Å². The van der Waals surface area contributed by atoms with E-state index in [1.807, 2.05) is 44.2 Å². The van der Waals surface area contributed by atoms with Crippen LogP contribution in [0.4, 0.5) is 0 Å². The van der Waals surface area contributed by atoms with E-state index >= 15 is 0 Å². The van der Waals surface area contributed by atoms with Gasteiger partial charge in [-0.3, -0.25) is 9.59 Å². The Morgan fingerprint density at radius 3 is 1.40 bits per heavy atom. The number of aromatic hydroxyl groups is 2. The average molecular weight is 718 g/mol. The van der Waals surface area contributed by atoms with Gasteiger partial charge in [0, 0.05) is 31.5 Å². The van der Waals surface area contributed by atoms with Crippen molar-refractivity contribution < 1.29 is 48.2 Å². The normalized spacial score (nSPS) is 13.4. The number of carbonyl (C=O) groups excluding carboxylic acids is 2. The third kappa shape index (κ3) is 10.4. The van der Waals surface area contributed by atoms with Gasteiger partial charge in [0.25, 0.3) is 0 Å². The highest BCUT2D eigenvalue weighted by atomic mass is 16.9. The minimum Gasteiger partial charge on any atom is -0.507 e. The van der Waals surface area contributed by atoms with Gasteiger partial charge in [-0.25, -0.2) is 15.0 Å². The van der Waals surface area contributed by atoms with Crippen LogP contribution in [0.15, 0.2) is 66.7 Å². The van der Waals surface area contributed by atoms with Crippen LogP contribution in [0.2, 0.25) is 0 Å². The maximum Gasteiger partial charge on any atom is 0.373 e. The number of rotatable bonds is 19. The van der Waals surface area contributed by atoms with E-state index in [0.717, 1.165) is 25.7 Å². The number of carbonyl (C=O) groups is 2. The molecule has 52 heavy (non-hydrogen) atoms. The van der Waals surface area contributed by atoms with E-state index in [0.29, 0.717) is 18.8 Å². The summed E-state index contributed by atoms with van der Waals surface area (Å²) in [7, 11) is 0. The number of unbranched alkanes of at least 4 members (excludes halogenated alkanes) is 2. The molecule has 2 unspecified atom stereocenters. The fourth-order valence-electron chi connectivity index (χ4n) is 5.05. The van der Waals surface area contributed by atoms with Crippen molar-refractivity contribution in [3.63, 3.8) is 0 Å². The van der Waals surface area contributed by atoms with Crippen molar-refractivity contribution in [1.82, 2.24) is 15.0 Å². The monoisotopic (exact) mass is 717 g/mol. The van der Waals surface area contributed by atoms with Gasteiger partial charge in [-0.2, -0.15) is 0 Å². The molecule has 0 radical (unpaired) electrons. The van der Waals surface area contributed by atoms with E-state index in [1.54, 1.807) is 38.1 Å². The van der Waals surface area contributed by atoms with Crippen LogP contribution in [0.1, 0.15) is 80.1 Å². The van der Waals surface area contributed by atoms with Gasteiger partial charge < -0.3 is 38.6 Å². The molecule has 2 N–H and O–H groups in total. The molecule has 1 aromatic heterocycles. The van der Waals surface area contributed by atoms with Crippen LogP contribution in [0.5, 0.6) is 23.0 Å². The first-order valence-corrected chi connectivity index (χ1v) is 17.5. The van der Waals surface area contributed by atoms with Crippen molar-refractivity contribution in [1.29, 1.82) is 0 Å². The van der Waals surface area contributed by atoms with E-state index in [-0.39, 0.29) is 64.4 Å². The van der Waals surface area contributed by atoms with Gasteiger partial charge >= 0.3 is 23.9 Å². The number of aromatic nitrogens is 3. The molecule has 0 saturated heterocycles. The van der Waals surface area contributed by atoms with Crippen molar-refractivity contribution in [2.24, 2.45) is 0 Å². The first-order chi connectivity index (χ1) is 25.0. The molecule has 0 amide bonds. The summed E-state index contributed by atoms with van der Waals surface area (Å²) in [5.74, 6) is -4.11. The summed E-state index contributed by atoms with van der Waals surface area (Å²) in [5.41, 5.74) is 1.16. The lowest BCUT2D eigenvalue weighted by atomic mass is 10.1. The topological polar surface area (TPSA) is 169 Å². The smallest absolute Gasteiger partial charge is 0.373 e. The predicted molar refractivity (Wildman–Crippen MR) is 192 cm³/mol. The molecule has 0 spiro atoms. The molecule has 2 atom stereocenters. The summed E-state index contributed by atoms with van der Waals surface area (Å²) in [6.45, 7) is 10.7. The Labute approximate surface area is 303 Å². The molecule has 0 fully saturated rings. The van der Waals surface area contributed by atoms with E-state index in [2.05, 4.69) is 15.0 Å². The molecule has 4 rings (SSSR count). The Morgan fingerprint density at radius 2 is 1.04 bits per heavy atom. The molecule has 278 valence electrons. The molecule has 1 heterocycles. The SMILES string of the molecule is CCCCOC(CC)(OC(C)=O)Oc1ccc(-c2nc(-c3ccccc3)nc(-c3ccc(OC(CC)(OCCCC)OC(C)=O)cc3O)n2)c(O)c1. The Morgan fingerprint density at radius 1 is 0.615 bits per heavy atom. The first kappa shape index (κ1) is 39.5. The Balaban J connectivity index is 1.73. The minimum atomic E-state index is -1.68. The number of phenolic OH excluding ortho intramolecular Hbond substituents is 2. The van der Waals surface area contributed by atoms with E-state index in [1.165, 1.54) is 26.0 Å². The molecule has 4 aromatic rings. The lowest BCUT2D eigenvalue weighted by Gasteiger charge is -2.31. The molecule has 0 bridgehead atoms. The zero-order valence-electron chi connectivity index (χ0n) is 30.5. The fourth-order valence-corrected chi connectivity index (χ4v) is 5.05. The highest BCUT2D eigenvalue weighted by Gasteiger charge is 2.37. The van der Waals surface area contributed by atoms with Crippen LogP contribution in [-0.4, -0.2) is 62.3 Å². The van der Waals surface area contributed by atoms with Crippen molar-refractivity contribution in [2.75, 3.05) is 13.2 Å². The van der Waals surface area contributed by atoms with Crippen molar-refractivity contribution in [2.45, 2.75) is 92.0 Å². The van der Waals surface area contributed by atoms with Crippen LogP contribution >= 0.6 is 0 Å². The van der Waals surface area contributed by atoms with E-state index < -0.39 is 23.9 Å². The largest absolute Gasteiger partial charge is 0.507 e. The highest BCUT2D eigenvalue weighted by molar-refractivity contribution is 5.73. The molecule has 0 aliphatic carbocycles. The molecule has 13 heteroatoms. The van der Waals surface area contributed by atoms with Crippen molar-refractivity contribution in [3.8, 4) is 57.2 Å². The first-order valence-electron chi connectivity index (χ1n) is 17.5. The summed E-state index contributed by atoms with van der Waals surface area (Å²) >= 11 is 0. The molecule has 13 nitrogen and oxygen atoms in total. The Bertz CT molecular complexity index is 1700. The summed E-state index contributed by atoms with van der Waals surface area (Å²) < 4.78 is 34.7. The molecule has 0 aliphatic rings. The van der Waals surface area contributed by atoms with Gasteiger partial charge in [-0.1, -0.05) is 70.9 Å². The maximum absolute atomic E-state index is 11.9. The zero-order chi connectivity index (χ0) is 37.7. The second-order valence-corrected chi connectivity index (χ2v) is 11.9. The van der Waals surface area contributed by atoms with Crippen molar-refractivity contribution >= 4 is 11.9 Å². The molecule has 3 aromatic carbocycles. The summed E-state index contributed by atoms with van der Waals surface area (Å²) in [6.07, 6.45) is 3.58. The second kappa shape index (κ2) is 18.3. The number of benzene rings is 3. The number of phenols is 2. The number of ether oxygens (including phenoxy) is 6. The Kier molecular flexibility index (Phi) is 13.9. The van der Waals surface area contributed by atoms with E-state index in [9.17, 15) is 19.8 Å². The number of hydrogen-bond acceptors (Lipinski definition) is 13. The quantitative estimate of drug-likeness (QED) is 0.0545. The number of esters is 2. The number of nitrogens with zero attached hydrogens (tertiary/aromatic N) is 3. The summed E-state index contributed by atoms with van der Waals surface area (Å²) in [5, 5.41) is 22.5. The number of hydrogen-bond donors (Lipinski definition) is 2. The van der Waals surface area contributed by atoms with Crippen LogP contribution in [0, 0.1) is 0 Å². The molecule has 0 saturated carbocycles. The van der Waals surface area contributed by atoms with Gasteiger partial charge in [0.2, 0.25) is 0 Å². The standard InChI is InChI=1S/C39H47N3O10/c1-7-11-22-47-38(9-3,49-26(5)43)51-29-18-20-31(33(45)24-29)36-40-35(28-16-14-13-15-17-28)41-37(42-36)32-21-19-30(25-34(32)46)52-39(10-4,50-27(6)44)48-23-12-8-2/h13-21,24-25,45-46H,7-12,22-23H2,1-6H3. The lowest BCUT2D eigenvalue weighted by Crippen LogP contribution is -2.43. The summed E-state index contributed by atoms with van der Waals surface area (Å²) in [6, 6.07) is 18.2. The predicted octanol–water partition coefficient (Wildman–Crippen LogP) is 7.93. The van der Waals surface area contributed by atoms with Gasteiger partial charge in [0.05, 0.1) is 37.2 Å². The molecular weight excluding hydrogens is 670 g/mol. The van der Waals surface area contributed by atoms with Crippen LogP contribution in [0.25, 0.3) is 34.2 Å². The zero-order valence-corrected chi connectivity index (χ0v) is 30.5. The Hall–Kier alpha value is -5.27. The highest BCUT2D eigenvalue weighted by Crippen LogP contribution is 2.38. The average Bonchev–Trinajstić information content (AvgIpc) is 3.11. The van der Waals surface area contributed by atoms with Crippen molar-refractivity contribution in [3.05, 3.63) is 66.7 Å². The van der Waals surface area contributed by atoms with Gasteiger partial charge in [0.15, 0.2) is 17.5 Å². The minimum absolute atomic E-state index is 0.109. The van der Waals surface area contributed by atoms with Gasteiger partial charge in [-0.15, -0.1) is 0 Å². The summed E-state index contributed by atoms with van der Waals surface area (Å²) in [4.78, 5) is 37.8. The van der Waals surface area contributed by atoms with Crippen LogP contribution in [-0.2, 0) is 28.5 Å². The van der Waals surface area contributed by atoms with Gasteiger partial charge in [-0.05, 0) is 37.1 Å². The lowest BCUT2D eigenvalue weighted by molar-refractivity contribution is -0.327. The maximum atomic E-state index is 11.9. The fraction of sp³-hybridized carbons (Fsp3) is 0.410. The molecular formula is C39H47N3O10. The molecule has 0 aliphatic heterocycles. The third-order valence-corrected chi connectivity index (χ3v) is 7.74. The van der Waals surface area contributed by atoms with Crippen LogP contribution in [0.3, 0.4) is 0 Å². The second-order valence-electron chi connectivity index (χ2n) is 11.9. The van der Waals surface area contributed by atoms with E-state index in [4.69, 9.17) is 28.4 Å².